The van der Waals surface area contributed by atoms with Gasteiger partial charge in [-0.05, 0) is 55.7 Å². The van der Waals surface area contributed by atoms with E-state index in [9.17, 15) is 9.90 Å². The molecule has 0 unspecified atom stereocenters. The number of likely N-dealkylation sites (tertiary alicyclic amines) is 1. The molecule has 1 N–H and O–H groups in total. The molecule has 0 aliphatic carbocycles. The summed E-state index contributed by atoms with van der Waals surface area (Å²) in [6.07, 6.45) is 5.02. The Morgan fingerprint density at radius 2 is 1.87 bits per heavy atom. The topological polar surface area (TPSA) is 94.6 Å². The Morgan fingerprint density at radius 3 is 2.58 bits per heavy atom. The van der Waals surface area contributed by atoms with Crippen LogP contribution in [0.2, 0.25) is 0 Å². The quantitative estimate of drug-likeness (QED) is 0.342. The summed E-state index contributed by atoms with van der Waals surface area (Å²) in [7, 11) is 0. The number of carboxylic acid groups (broad SMARTS) is 1. The monoisotopic (exact) mass is 517 g/mol. The van der Waals surface area contributed by atoms with Crippen LogP contribution in [-0.4, -0.2) is 61.1 Å². The molecule has 9 nitrogen and oxygen atoms in total. The number of nitrogens with zero attached hydrogens (tertiary/aromatic N) is 5. The van der Waals surface area contributed by atoms with Gasteiger partial charge in [-0.15, -0.1) is 0 Å². The Hall–Kier alpha value is -3.69. The van der Waals surface area contributed by atoms with Crippen molar-refractivity contribution in [1.82, 2.24) is 24.2 Å². The van der Waals surface area contributed by atoms with Gasteiger partial charge in [0, 0.05) is 25.9 Å². The van der Waals surface area contributed by atoms with E-state index in [-0.39, 0.29) is 19.1 Å². The minimum atomic E-state index is -0.926. The number of carbonyl (C=O) groups is 1. The number of benzene rings is 2. The molecule has 38 heavy (non-hydrogen) atoms. The van der Waals surface area contributed by atoms with Crippen molar-refractivity contribution < 1.29 is 19.4 Å². The SMILES string of the molecule is C.O=C(O)c1ccc2nc(CN3CCC(n4nccc4COc4ccccc4)CC3)n(C[C@@H]3CCO3)c2c1. The van der Waals surface area contributed by atoms with Gasteiger partial charge < -0.3 is 19.1 Å². The highest BCUT2D eigenvalue weighted by molar-refractivity contribution is 5.92. The van der Waals surface area contributed by atoms with Gasteiger partial charge in [0.1, 0.15) is 18.2 Å². The summed E-state index contributed by atoms with van der Waals surface area (Å²) in [4.78, 5) is 18.9. The lowest BCUT2D eigenvalue weighted by Gasteiger charge is -2.33. The van der Waals surface area contributed by atoms with Crippen molar-refractivity contribution in [2.75, 3.05) is 19.7 Å². The first kappa shape index (κ1) is 25.9. The lowest BCUT2D eigenvalue weighted by molar-refractivity contribution is -0.0592. The number of carboxylic acids is 1. The first-order valence-corrected chi connectivity index (χ1v) is 12.9. The van der Waals surface area contributed by atoms with E-state index in [4.69, 9.17) is 14.5 Å². The first-order valence-electron chi connectivity index (χ1n) is 12.9. The molecule has 0 saturated carbocycles. The Labute approximate surface area is 222 Å². The molecule has 2 aliphatic rings. The van der Waals surface area contributed by atoms with Crippen molar-refractivity contribution in [2.24, 2.45) is 0 Å². The third kappa shape index (κ3) is 5.44. The maximum absolute atomic E-state index is 11.6. The number of rotatable bonds is 9. The number of aromatic carboxylic acids is 1. The van der Waals surface area contributed by atoms with Crippen molar-refractivity contribution >= 4 is 17.0 Å². The molecule has 0 radical (unpaired) electrons. The standard InChI is InChI=1S/C28H31N5O4.CH4/c34-28(35)20-6-7-25-26(16-20)32(17-24-11-15-36-24)27(30-25)18-31-13-9-21(10-14-31)33-22(8-12-29-33)19-37-23-4-2-1-3-5-23;/h1-8,12,16,21,24H,9-11,13-15,17-19H2,(H,34,35);1H4/t24-;/m0./s1. The van der Waals surface area contributed by atoms with Gasteiger partial charge in [0.05, 0.1) is 47.5 Å². The second-order valence-electron chi connectivity index (χ2n) is 9.80. The summed E-state index contributed by atoms with van der Waals surface area (Å²) < 4.78 is 15.9. The van der Waals surface area contributed by atoms with E-state index in [1.54, 1.807) is 12.1 Å². The van der Waals surface area contributed by atoms with Gasteiger partial charge in [0.25, 0.3) is 0 Å². The Kier molecular flexibility index (Phi) is 7.76. The third-order valence-electron chi connectivity index (χ3n) is 7.40. The maximum Gasteiger partial charge on any atom is 0.335 e. The molecule has 200 valence electrons. The van der Waals surface area contributed by atoms with Gasteiger partial charge in [-0.2, -0.15) is 5.10 Å². The molecule has 0 bridgehead atoms. The van der Waals surface area contributed by atoms with Crippen LogP contribution in [0.25, 0.3) is 11.0 Å². The Morgan fingerprint density at radius 1 is 1.08 bits per heavy atom. The number of piperidine rings is 1. The van der Waals surface area contributed by atoms with E-state index >= 15 is 0 Å². The van der Waals surface area contributed by atoms with E-state index in [1.165, 1.54) is 0 Å². The predicted molar refractivity (Wildman–Crippen MR) is 144 cm³/mol. The fourth-order valence-electron chi connectivity index (χ4n) is 5.24. The highest BCUT2D eigenvalue weighted by Crippen LogP contribution is 2.27. The van der Waals surface area contributed by atoms with E-state index in [0.29, 0.717) is 19.2 Å². The minimum Gasteiger partial charge on any atom is -0.487 e. The van der Waals surface area contributed by atoms with E-state index < -0.39 is 5.97 Å². The van der Waals surface area contributed by atoms with E-state index in [1.807, 2.05) is 48.7 Å². The van der Waals surface area contributed by atoms with Gasteiger partial charge in [0.15, 0.2) is 0 Å². The fourth-order valence-corrected chi connectivity index (χ4v) is 5.24. The lowest BCUT2D eigenvalue weighted by Crippen LogP contribution is -2.36. The zero-order valence-corrected chi connectivity index (χ0v) is 20.7. The second kappa shape index (κ2) is 11.4. The normalized spacial score (nSPS) is 18.2. The van der Waals surface area contributed by atoms with Crippen LogP contribution >= 0.6 is 0 Å². The molecule has 2 aromatic heterocycles. The summed E-state index contributed by atoms with van der Waals surface area (Å²) in [5.74, 6) is 0.892. The number of para-hydroxylation sites is 1. The summed E-state index contributed by atoms with van der Waals surface area (Å²) in [5, 5.41) is 14.1. The highest BCUT2D eigenvalue weighted by Gasteiger charge is 2.26. The number of aromatic nitrogens is 4. The van der Waals surface area contributed by atoms with Crippen molar-refractivity contribution in [3.05, 3.63) is 77.9 Å². The summed E-state index contributed by atoms with van der Waals surface area (Å²) in [6, 6.07) is 17.4. The zero-order valence-electron chi connectivity index (χ0n) is 20.7. The largest absolute Gasteiger partial charge is 0.487 e. The van der Waals surface area contributed by atoms with Gasteiger partial charge in [-0.3, -0.25) is 9.58 Å². The van der Waals surface area contributed by atoms with Crippen LogP contribution in [0.15, 0.2) is 60.8 Å². The molecule has 9 heteroatoms. The predicted octanol–water partition coefficient (Wildman–Crippen LogP) is 4.77. The van der Waals surface area contributed by atoms with Crippen LogP contribution < -0.4 is 4.74 Å². The molecule has 2 aromatic carbocycles. The van der Waals surface area contributed by atoms with Gasteiger partial charge in [-0.25, -0.2) is 9.78 Å². The van der Waals surface area contributed by atoms with Crippen LogP contribution in [0.5, 0.6) is 5.75 Å². The molecule has 4 heterocycles. The van der Waals surface area contributed by atoms with E-state index in [2.05, 4.69) is 19.2 Å². The molecule has 6 rings (SSSR count). The highest BCUT2D eigenvalue weighted by atomic mass is 16.5. The van der Waals surface area contributed by atoms with Gasteiger partial charge in [0.2, 0.25) is 0 Å². The van der Waals surface area contributed by atoms with Crippen molar-refractivity contribution in [3.8, 4) is 5.75 Å². The molecule has 2 aliphatic heterocycles. The molecular weight excluding hydrogens is 482 g/mol. The number of fused-ring (bicyclic) bond motifs is 1. The Bertz CT molecular complexity index is 1370. The second-order valence-corrected chi connectivity index (χ2v) is 9.80. The van der Waals surface area contributed by atoms with Crippen LogP contribution in [0.3, 0.4) is 0 Å². The molecular formula is C29H35N5O4. The third-order valence-corrected chi connectivity index (χ3v) is 7.40. The maximum atomic E-state index is 11.6. The smallest absolute Gasteiger partial charge is 0.335 e. The molecule has 2 saturated heterocycles. The minimum absolute atomic E-state index is 0. The molecule has 1 atom stereocenters. The number of imidazole rings is 1. The molecule has 4 aromatic rings. The van der Waals surface area contributed by atoms with Gasteiger partial charge in [-0.1, -0.05) is 25.6 Å². The Balaban J connectivity index is 0.00000294. The zero-order chi connectivity index (χ0) is 25.2. The van der Waals surface area contributed by atoms with Crippen molar-refractivity contribution in [2.45, 2.75) is 58.5 Å². The van der Waals surface area contributed by atoms with Crippen LogP contribution in [0.1, 0.15) is 54.6 Å². The average molecular weight is 518 g/mol. The summed E-state index contributed by atoms with van der Waals surface area (Å²) in [5.41, 5.74) is 3.05. The average Bonchev–Trinajstić information content (AvgIpc) is 3.50. The van der Waals surface area contributed by atoms with Gasteiger partial charge >= 0.3 is 5.97 Å². The van der Waals surface area contributed by atoms with Crippen molar-refractivity contribution in [3.63, 3.8) is 0 Å². The summed E-state index contributed by atoms with van der Waals surface area (Å²) in [6.45, 7) is 4.57. The van der Waals surface area contributed by atoms with Crippen LogP contribution in [-0.2, 0) is 24.4 Å². The molecule has 0 spiro atoms. The fraction of sp³-hybridized carbons (Fsp3) is 0.414. The first-order chi connectivity index (χ1) is 18.1. The number of ether oxygens (including phenoxy) is 2. The van der Waals surface area contributed by atoms with Crippen molar-refractivity contribution in [1.29, 1.82) is 0 Å². The number of hydrogen-bond donors (Lipinski definition) is 1. The lowest BCUT2D eigenvalue weighted by atomic mass is 10.0. The molecule has 2 fully saturated rings. The van der Waals surface area contributed by atoms with Crippen LogP contribution in [0, 0.1) is 0 Å². The summed E-state index contributed by atoms with van der Waals surface area (Å²) >= 11 is 0. The number of hydrogen-bond acceptors (Lipinski definition) is 6. The molecule has 0 amide bonds. The van der Waals surface area contributed by atoms with E-state index in [0.717, 1.165) is 73.8 Å². The van der Waals surface area contributed by atoms with Crippen LogP contribution in [0.4, 0.5) is 0 Å².